The zero-order valence-electron chi connectivity index (χ0n) is 12.4. The monoisotopic (exact) mass is 292 g/mol. The molecule has 2 atom stereocenters. The van der Waals surface area contributed by atoms with E-state index in [4.69, 9.17) is 10.8 Å². The van der Waals surface area contributed by atoms with Crippen LogP contribution in [0, 0.1) is 0 Å². The number of carbonyl (C=O) groups excluding carboxylic acids is 1. The van der Waals surface area contributed by atoms with E-state index in [9.17, 15) is 9.59 Å². The summed E-state index contributed by atoms with van der Waals surface area (Å²) in [4.78, 5) is 23.0. The van der Waals surface area contributed by atoms with Gasteiger partial charge in [0, 0.05) is 0 Å². The maximum Gasteiger partial charge on any atom is 0.326 e. The first-order valence-electron chi connectivity index (χ1n) is 7.37. The fraction of sp³-hybridized carbons (Fsp3) is 0.500. The summed E-state index contributed by atoms with van der Waals surface area (Å²) in [6, 6.07) is 8.23. The van der Waals surface area contributed by atoms with Gasteiger partial charge < -0.3 is 16.2 Å². The van der Waals surface area contributed by atoms with E-state index < -0.39 is 24.0 Å². The Bertz CT molecular complexity index is 448. The second-order valence-electron chi connectivity index (χ2n) is 5.17. The lowest BCUT2D eigenvalue weighted by Gasteiger charge is -2.17. The summed E-state index contributed by atoms with van der Waals surface area (Å²) in [5.41, 5.74) is 6.95. The van der Waals surface area contributed by atoms with E-state index in [1.807, 2.05) is 37.3 Å². The number of amides is 1. The summed E-state index contributed by atoms with van der Waals surface area (Å²) in [5, 5.41) is 11.6. The van der Waals surface area contributed by atoms with Gasteiger partial charge in [0.2, 0.25) is 5.91 Å². The second kappa shape index (κ2) is 9.13. The van der Waals surface area contributed by atoms with Gasteiger partial charge in [-0.25, -0.2) is 4.79 Å². The summed E-state index contributed by atoms with van der Waals surface area (Å²) >= 11 is 0. The van der Waals surface area contributed by atoms with E-state index in [1.54, 1.807) is 0 Å². The van der Waals surface area contributed by atoms with Crippen molar-refractivity contribution >= 4 is 11.9 Å². The molecule has 0 aliphatic carbocycles. The lowest BCUT2D eigenvalue weighted by atomic mass is 10.0. The number of rotatable bonds is 9. The molecule has 0 spiro atoms. The predicted molar refractivity (Wildman–Crippen MR) is 81.8 cm³/mol. The molecule has 0 aromatic heterocycles. The maximum atomic E-state index is 11.9. The van der Waals surface area contributed by atoms with E-state index in [0.717, 1.165) is 18.4 Å². The van der Waals surface area contributed by atoms with Crippen LogP contribution in [0.1, 0.15) is 38.2 Å². The zero-order chi connectivity index (χ0) is 15.7. The molecule has 0 fully saturated rings. The normalized spacial score (nSPS) is 13.4. The van der Waals surface area contributed by atoms with Crippen LogP contribution in [-0.4, -0.2) is 29.1 Å². The number of carbonyl (C=O) groups is 2. The zero-order valence-corrected chi connectivity index (χ0v) is 12.4. The van der Waals surface area contributed by atoms with Gasteiger partial charge in [-0.3, -0.25) is 4.79 Å². The van der Waals surface area contributed by atoms with Crippen molar-refractivity contribution in [3.05, 3.63) is 35.9 Å². The van der Waals surface area contributed by atoms with Crippen LogP contribution in [0.4, 0.5) is 0 Å². The summed E-state index contributed by atoms with van der Waals surface area (Å²) in [6.45, 7) is 1.98. The summed E-state index contributed by atoms with van der Waals surface area (Å²) < 4.78 is 0. The molecule has 0 aliphatic heterocycles. The predicted octanol–water partition coefficient (Wildman–Crippen LogP) is 1.71. The van der Waals surface area contributed by atoms with E-state index in [-0.39, 0.29) is 0 Å². The molecule has 1 rings (SSSR count). The van der Waals surface area contributed by atoms with Crippen LogP contribution >= 0.6 is 0 Å². The molecule has 0 saturated heterocycles. The van der Waals surface area contributed by atoms with E-state index in [2.05, 4.69) is 5.32 Å². The molecule has 0 aliphatic rings. The van der Waals surface area contributed by atoms with Gasteiger partial charge in [0.05, 0.1) is 6.04 Å². The topological polar surface area (TPSA) is 92.4 Å². The van der Waals surface area contributed by atoms with Crippen LogP contribution in [0.2, 0.25) is 0 Å². The third-order valence-corrected chi connectivity index (χ3v) is 3.38. The molecule has 1 unspecified atom stereocenters. The molecule has 21 heavy (non-hydrogen) atoms. The molecule has 116 valence electrons. The molecular formula is C16H24N2O3. The van der Waals surface area contributed by atoms with Gasteiger partial charge in [-0.1, -0.05) is 50.1 Å². The van der Waals surface area contributed by atoms with Crippen molar-refractivity contribution in [2.75, 3.05) is 0 Å². The Hall–Kier alpha value is -1.88. The van der Waals surface area contributed by atoms with Crippen LogP contribution < -0.4 is 11.1 Å². The van der Waals surface area contributed by atoms with Crippen LogP contribution in [0.5, 0.6) is 0 Å². The van der Waals surface area contributed by atoms with Gasteiger partial charge in [0.1, 0.15) is 6.04 Å². The average Bonchev–Trinajstić information content (AvgIpc) is 2.49. The molecule has 5 nitrogen and oxygen atoms in total. The third kappa shape index (κ3) is 6.40. The number of unbranched alkanes of at least 4 members (excludes halogenated alkanes) is 1. The molecule has 0 heterocycles. The second-order valence-corrected chi connectivity index (χ2v) is 5.17. The van der Waals surface area contributed by atoms with E-state index >= 15 is 0 Å². The first kappa shape index (κ1) is 17.2. The number of hydrogen-bond acceptors (Lipinski definition) is 3. The highest BCUT2D eigenvalue weighted by molar-refractivity contribution is 5.86. The highest BCUT2D eigenvalue weighted by atomic mass is 16.4. The minimum absolute atomic E-state index is 0.394. The van der Waals surface area contributed by atoms with Gasteiger partial charge in [-0.15, -0.1) is 0 Å². The molecule has 0 saturated carbocycles. The fourth-order valence-electron chi connectivity index (χ4n) is 2.04. The Morgan fingerprint density at radius 2 is 1.90 bits per heavy atom. The average molecular weight is 292 g/mol. The van der Waals surface area contributed by atoms with Gasteiger partial charge in [-0.05, 0) is 24.8 Å². The van der Waals surface area contributed by atoms with Crippen LogP contribution in [-0.2, 0) is 16.0 Å². The number of nitrogens with one attached hydrogen (secondary N) is 1. The molecule has 1 aromatic carbocycles. The number of aliphatic carboxylic acids is 1. The fourth-order valence-corrected chi connectivity index (χ4v) is 2.04. The Labute approximate surface area is 125 Å². The standard InChI is InChI=1S/C16H24N2O3/c1-2-3-9-14(16(20)21)18-15(19)13(17)11-10-12-7-5-4-6-8-12/h4-8,13-14H,2-3,9-11,17H2,1H3,(H,18,19)(H,20,21)/t13-,14?/m0/s1. The van der Waals surface area contributed by atoms with Crippen molar-refractivity contribution in [3.8, 4) is 0 Å². The van der Waals surface area contributed by atoms with E-state index in [0.29, 0.717) is 19.3 Å². The lowest BCUT2D eigenvalue weighted by Crippen LogP contribution is -2.48. The minimum atomic E-state index is -1.01. The van der Waals surface area contributed by atoms with Gasteiger partial charge >= 0.3 is 5.97 Å². The van der Waals surface area contributed by atoms with Crippen molar-refractivity contribution in [1.82, 2.24) is 5.32 Å². The lowest BCUT2D eigenvalue weighted by molar-refractivity contribution is -0.142. The Balaban J connectivity index is 2.43. The number of aryl methyl sites for hydroxylation is 1. The van der Waals surface area contributed by atoms with Crippen molar-refractivity contribution in [3.63, 3.8) is 0 Å². The molecule has 5 heteroatoms. The van der Waals surface area contributed by atoms with Gasteiger partial charge in [0.25, 0.3) is 0 Å². The van der Waals surface area contributed by atoms with Crippen molar-refractivity contribution in [2.45, 2.75) is 51.1 Å². The van der Waals surface area contributed by atoms with Crippen LogP contribution in [0.25, 0.3) is 0 Å². The van der Waals surface area contributed by atoms with Crippen molar-refractivity contribution in [1.29, 1.82) is 0 Å². The van der Waals surface area contributed by atoms with Crippen molar-refractivity contribution < 1.29 is 14.7 Å². The highest BCUT2D eigenvalue weighted by Crippen LogP contribution is 2.05. The van der Waals surface area contributed by atoms with Crippen molar-refractivity contribution in [2.24, 2.45) is 5.73 Å². The minimum Gasteiger partial charge on any atom is -0.480 e. The number of hydrogen-bond donors (Lipinski definition) is 3. The maximum absolute atomic E-state index is 11.9. The summed E-state index contributed by atoms with van der Waals surface area (Å²) in [6.07, 6.45) is 3.28. The SMILES string of the molecule is CCCCC(NC(=O)[C@@H](N)CCc1ccccc1)C(=O)O. The number of benzene rings is 1. The highest BCUT2D eigenvalue weighted by Gasteiger charge is 2.22. The molecule has 1 aromatic rings. The summed E-state index contributed by atoms with van der Waals surface area (Å²) in [7, 11) is 0. The summed E-state index contributed by atoms with van der Waals surface area (Å²) in [5.74, 6) is -1.40. The molecule has 4 N–H and O–H groups in total. The van der Waals surface area contributed by atoms with Crippen LogP contribution in [0.15, 0.2) is 30.3 Å². The van der Waals surface area contributed by atoms with Gasteiger partial charge in [-0.2, -0.15) is 0 Å². The molecule has 0 radical (unpaired) electrons. The molecule has 0 bridgehead atoms. The third-order valence-electron chi connectivity index (χ3n) is 3.38. The number of carboxylic acids is 1. The smallest absolute Gasteiger partial charge is 0.326 e. The number of carboxylic acid groups (broad SMARTS) is 1. The Kier molecular flexibility index (Phi) is 7.46. The Morgan fingerprint density at radius 1 is 1.24 bits per heavy atom. The molecular weight excluding hydrogens is 268 g/mol. The molecule has 1 amide bonds. The van der Waals surface area contributed by atoms with Crippen LogP contribution in [0.3, 0.4) is 0 Å². The number of nitrogens with two attached hydrogens (primary N) is 1. The first-order valence-corrected chi connectivity index (χ1v) is 7.37. The van der Waals surface area contributed by atoms with E-state index in [1.165, 1.54) is 0 Å². The quantitative estimate of drug-likeness (QED) is 0.646. The first-order chi connectivity index (χ1) is 10.0. The van der Waals surface area contributed by atoms with Gasteiger partial charge in [0.15, 0.2) is 0 Å². The largest absolute Gasteiger partial charge is 0.480 e. The Morgan fingerprint density at radius 3 is 2.48 bits per heavy atom.